The van der Waals surface area contributed by atoms with Crippen molar-refractivity contribution in [2.45, 2.75) is 75.6 Å². The number of benzene rings is 1. The second-order valence-electron chi connectivity index (χ2n) is 12.6. The monoisotopic (exact) mass is 511 g/mol. The van der Waals surface area contributed by atoms with E-state index in [4.69, 9.17) is 14.2 Å². The number of aliphatic hydroxyl groups excluding tert-OH is 1. The first-order chi connectivity index (χ1) is 17.7. The number of esters is 2. The number of likely N-dealkylation sites (tertiary alicyclic amines) is 1. The molecule has 1 spiro atoms. The molecule has 7 aliphatic rings. The predicted octanol–water partition coefficient (Wildman–Crippen LogP) is 2.02. The van der Waals surface area contributed by atoms with Crippen LogP contribution in [0.5, 0.6) is 0 Å². The van der Waals surface area contributed by atoms with E-state index in [1.165, 1.54) is 0 Å². The van der Waals surface area contributed by atoms with E-state index >= 15 is 0 Å². The van der Waals surface area contributed by atoms with Crippen LogP contribution in [0.3, 0.4) is 0 Å². The van der Waals surface area contributed by atoms with Crippen LogP contribution >= 0.6 is 0 Å². The van der Waals surface area contributed by atoms with Crippen molar-refractivity contribution < 1.29 is 34.0 Å². The molecule has 1 aromatic carbocycles. The van der Waals surface area contributed by atoms with Gasteiger partial charge in [0.2, 0.25) is 0 Å². The predicted molar refractivity (Wildman–Crippen MR) is 131 cm³/mol. The van der Waals surface area contributed by atoms with Crippen molar-refractivity contribution in [1.82, 2.24) is 4.90 Å². The highest BCUT2D eigenvalue weighted by atomic mass is 16.6. The van der Waals surface area contributed by atoms with Crippen LogP contribution in [0.1, 0.15) is 49.9 Å². The van der Waals surface area contributed by atoms with Gasteiger partial charge in [0.25, 0.3) is 0 Å². The molecule has 12 atom stereocenters. The van der Waals surface area contributed by atoms with E-state index in [9.17, 15) is 19.8 Å². The normalized spacial score (nSPS) is 51.4. The first-order valence-electron chi connectivity index (χ1n) is 13.9. The lowest BCUT2D eigenvalue weighted by Gasteiger charge is -2.69. The lowest BCUT2D eigenvalue weighted by Crippen LogP contribution is -2.78. The zero-order valence-corrected chi connectivity index (χ0v) is 21.7. The number of carbonyl (C=O) groups is 2. The molecule has 8 heteroatoms. The Kier molecular flexibility index (Phi) is 5.06. The lowest BCUT2D eigenvalue weighted by molar-refractivity contribution is -0.287. The van der Waals surface area contributed by atoms with Crippen LogP contribution in [-0.4, -0.2) is 83.3 Å². The van der Waals surface area contributed by atoms with Gasteiger partial charge >= 0.3 is 11.9 Å². The van der Waals surface area contributed by atoms with Crippen LogP contribution in [-0.2, 0) is 19.0 Å². The Labute approximate surface area is 217 Å². The van der Waals surface area contributed by atoms with E-state index in [1.54, 1.807) is 31.4 Å². The van der Waals surface area contributed by atoms with Gasteiger partial charge in [-0.25, -0.2) is 4.79 Å². The minimum Gasteiger partial charge on any atom is -0.462 e. The maximum absolute atomic E-state index is 13.6. The summed E-state index contributed by atoms with van der Waals surface area (Å²) in [6.45, 7) is 5.60. The molecule has 0 radical (unpaired) electrons. The first-order valence-corrected chi connectivity index (χ1v) is 13.9. The molecule has 8 nitrogen and oxygen atoms in total. The van der Waals surface area contributed by atoms with Crippen molar-refractivity contribution in [3.05, 3.63) is 35.9 Å². The highest BCUT2D eigenvalue weighted by Gasteiger charge is 2.86. The molecule has 3 aliphatic heterocycles. The number of carbonyl (C=O) groups excluding carboxylic acids is 2. The van der Waals surface area contributed by atoms with Crippen molar-refractivity contribution in [3.63, 3.8) is 0 Å². The van der Waals surface area contributed by atoms with Gasteiger partial charge in [0.15, 0.2) is 0 Å². The van der Waals surface area contributed by atoms with E-state index in [0.29, 0.717) is 37.8 Å². The molecular weight excluding hydrogens is 474 g/mol. The molecule has 4 saturated carbocycles. The minimum atomic E-state index is -1.36. The van der Waals surface area contributed by atoms with Crippen LogP contribution in [0, 0.1) is 34.5 Å². The van der Waals surface area contributed by atoms with Gasteiger partial charge in [-0.05, 0) is 43.9 Å². The zero-order chi connectivity index (χ0) is 25.9. The standard InChI is InChI=1S/C29H37NO7/c1-4-30-14-27(2)18(31)13-19(35-3)29-17-12-16-10-11-28(34,20(17)26(33)36-16)21(24(29)30)22(23(27)29)37-25(32)15-8-6-5-7-9-15/h5-9,16-24,31,34H,4,10-14H2,1-3H3/t16-,17?,18?,19?,20?,21+,22+,23?,24-,27+,28+,29?/m0/s1. The maximum Gasteiger partial charge on any atom is 0.338 e. The fourth-order valence-corrected chi connectivity index (χ4v) is 10.4. The Hall–Kier alpha value is -2.00. The minimum absolute atomic E-state index is 0.127. The molecule has 3 heterocycles. The number of rotatable bonds is 4. The number of hydrogen-bond donors (Lipinski definition) is 2. The number of ether oxygens (including phenoxy) is 3. The van der Waals surface area contributed by atoms with Crippen LogP contribution in [0.2, 0.25) is 0 Å². The highest BCUT2D eigenvalue weighted by Crippen LogP contribution is 2.77. The molecule has 4 aliphatic carbocycles. The molecule has 8 rings (SSSR count). The van der Waals surface area contributed by atoms with E-state index in [2.05, 4.69) is 18.7 Å². The molecule has 9 bridgehead atoms. The molecular formula is C29H37NO7. The molecule has 37 heavy (non-hydrogen) atoms. The summed E-state index contributed by atoms with van der Waals surface area (Å²) in [6, 6.07) is 8.81. The van der Waals surface area contributed by atoms with Crippen LogP contribution < -0.4 is 0 Å². The first kappa shape index (κ1) is 24.1. The van der Waals surface area contributed by atoms with Gasteiger partial charge in [-0.2, -0.15) is 0 Å². The number of methoxy groups -OCH3 is 1. The molecule has 0 aromatic heterocycles. The van der Waals surface area contributed by atoms with Crippen LogP contribution in [0.4, 0.5) is 0 Å². The maximum atomic E-state index is 13.6. The van der Waals surface area contributed by atoms with E-state index in [-0.39, 0.29) is 36.1 Å². The molecule has 7 fully saturated rings. The Morgan fingerprint density at radius 3 is 2.70 bits per heavy atom. The average Bonchev–Trinajstić information content (AvgIpc) is 2.94. The highest BCUT2D eigenvalue weighted by molar-refractivity contribution is 5.89. The quantitative estimate of drug-likeness (QED) is 0.592. The van der Waals surface area contributed by atoms with Crippen LogP contribution in [0.25, 0.3) is 0 Å². The molecule has 1 aromatic rings. The Morgan fingerprint density at radius 2 is 2.00 bits per heavy atom. The van der Waals surface area contributed by atoms with Gasteiger partial charge in [-0.15, -0.1) is 0 Å². The van der Waals surface area contributed by atoms with Crippen molar-refractivity contribution in [2.75, 3.05) is 20.2 Å². The summed E-state index contributed by atoms with van der Waals surface area (Å²) < 4.78 is 18.5. The zero-order valence-electron chi connectivity index (χ0n) is 21.7. The summed E-state index contributed by atoms with van der Waals surface area (Å²) in [5.74, 6) is -2.38. The Morgan fingerprint density at radius 1 is 1.24 bits per heavy atom. The fourth-order valence-electron chi connectivity index (χ4n) is 10.4. The number of fused-ring (bicyclic) bond motifs is 2. The van der Waals surface area contributed by atoms with Gasteiger partial charge in [-0.3, -0.25) is 9.69 Å². The largest absolute Gasteiger partial charge is 0.462 e. The van der Waals surface area contributed by atoms with Gasteiger partial charge in [-0.1, -0.05) is 32.0 Å². The van der Waals surface area contributed by atoms with Gasteiger partial charge < -0.3 is 24.4 Å². The van der Waals surface area contributed by atoms with Crippen molar-refractivity contribution >= 4 is 11.9 Å². The molecule has 2 N–H and O–H groups in total. The lowest BCUT2D eigenvalue weighted by atomic mass is 9.42. The van der Waals surface area contributed by atoms with Gasteiger partial charge in [0, 0.05) is 48.8 Å². The summed E-state index contributed by atoms with van der Waals surface area (Å²) in [5, 5.41) is 24.3. The summed E-state index contributed by atoms with van der Waals surface area (Å²) in [7, 11) is 1.69. The number of hydrogen-bond acceptors (Lipinski definition) is 8. The molecule has 200 valence electrons. The second-order valence-corrected chi connectivity index (χ2v) is 12.6. The summed E-state index contributed by atoms with van der Waals surface area (Å²) in [5.41, 5.74) is -2.05. The number of nitrogens with zero attached hydrogens (tertiary/aromatic N) is 1. The smallest absolute Gasteiger partial charge is 0.338 e. The van der Waals surface area contributed by atoms with Crippen molar-refractivity contribution in [2.24, 2.45) is 34.5 Å². The van der Waals surface area contributed by atoms with Crippen molar-refractivity contribution in [1.29, 1.82) is 0 Å². The van der Waals surface area contributed by atoms with Gasteiger partial charge in [0.1, 0.15) is 12.2 Å². The second kappa shape index (κ2) is 7.78. The third-order valence-corrected chi connectivity index (χ3v) is 11.5. The summed E-state index contributed by atoms with van der Waals surface area (Å²) in [6.07, 6.45) is 0.280. The third kappa shape index (κ3) is 2.73. The van der Waals surface area contributed by atoms with E-state index in [1.807, 2.05) is 6.07 Å². The number of piperidine rings is 1. The Bertz CT molecular complexity index is 1130. The summed E-state index contributed by atoms with van der Waals surface area (Å²) in [4.78, 5) is 29.5. The molecule has 6 unspecified atom stereocenters. The molecule has 3 saturated heterocycles. The third-order valence-electron chi connectivity index (χ3n) is 11.5. The van der Waals surface area contributed by atoms with E-state index < -0.39 is 46.4 Å². The average molecular weight is 512 g/mol. The molecule has 0 amide bonds. The van der Waals surface area contributed by atoms with E-state index in [0.717, 1.165) is 6.54 Å². The Balaban J connectivity index is 1.48. The SMILES string of the molecule is CCN1C[C@]2(C)C(O)CC(OC)C34C5C[C@@H]6CC[C@@](O)(C5C(=O)O6)[C@@H]([C@H]13)[C@@H](OC(=O)c1ccccc1)C42. The number of aliphatic hydroxyl groups is 2. The fraction of sp³-hybridized carbons (Fsp3) is 0.724. The topological polar surface area (TPSA) is 106 Å². The summed E-state index contributed by atoms with van der Waals surface area (Å²) >= 11 is 0. The van der Waals surface area contributed by atoms with Crippen molar-refractivity contribution in [3.8, 4) is 0 Å². The van der Waals surface area contributed by atoms with Crippen LogP contribution in [0.15, 0.2) is 30.3 Å². The van der Waals surface area contributed by atoms with Gasteiger partial charge in [0.05, 0.1) is 29.3 Å².